The van der Waals surface area contributed by atoms with Crippen LogP contribution >= 0.6 is 11.6 Å². The Labute approximate surface area is 260 Å². The summed E-state index contributed by atoms with van der Waals surface area (Å²) in [5, 5.41) is 3.67. The number of ether oxygens (including phenoxy) is 1. The van der Waals surface area contributed by atoms with Gasteiger partial charge in [0.15, 0.2) is 0 Å². The molecule has 1 atom stereocenters. The average Bonchev–Trinajstić information content (AvgIpc) is 3.00. The van der Waals surface area contributed by atoms with E-state index in [1.807, 2.05) is 13.8 Å². The SMILES string of the molecule is CCOc1ccc(S(=O)(=O)N(CC(=O)N(Cc2ccc(Cl)cc2)[C@@H](C)C(=O)NC2CCCCC2)c2ccc(C)cc2)cc1. The quantitative estimate of drug-likeness (QED) is 0.262. The van der Waals surface area contributed by atoms with Crippen LogP contribution in [0.4, 0.5) is 5.69 Å². The van der Waals surface area contributed by atoms with Crippen LogP contribution in [0.25, 0.3) is 0 Å². The van der Waals surface area contributed by atoms with Crippen LogP contribution in [0.15, 0.2) is 77.7 Å². The topological polar surface area (TPSA) is 96.0 Å². The molecule has 0 unspecified atom stereocenters. The van der Waals surface area contributed by atoms with E-state index in [1.54, 1.807) is 67.6 Å². The van der Waals surface area contributed by atoms with Gasteiger partial charge in [-0.05, 0) is 87.7 Å². The van der Waals surface area contributed by atoms with Crippen molar-refractivity contribution in [2.75, 3.05) is 17.5 Å². The lowest BCUT2D eigenvalue weighted by molar-refractivity contribution is -0.139. The first-order valence-electron chi connectivity index (χ1n) is 14.7. The number of nitrogens with one attached hydrogen (secondary N) is 1. The minimum absolute atomic E-state index is 0.0247. The number of rotatable bonds is 12. The van der Waals surface area contributed by atoms with E-state index in [2.05, 4.69) is 5.32 Å². The van der Waals surface area contributed by atoms with Crippen molar-refractivity contribution in [3.8, 4) is 5.75 Å². The normalized spacial score (nSPS) is 14.5. The predicted molar refractivity (Wildman–Crippen MR) is 170 cm³/mol. The van der Waals surface area contributed by atoms with Gasteiger partial charge in [-0.15, -0.1) is 0 Å². The fourth-order valence-corrected chi connectivity index (χ4v) is 6.72. The zero-order valence-electron chi connectivity index (χ0n) is 25.0. The molecule has 0 saturated heterocycles. The second kappa shape index (κ2) is 14.8. The predicted octanol–water partition coefficient (Wildman–Crippen LogP) is 6.11. The largest absolute Gasteiger partial charge is 0.494 e. The summed E-state index contributed by atoms with van der Waals surface area (Å²) in [5.74, 6) is -0.215. The monoisotopic (exact) mass is 625 g/mol. The Hall–Kier alpha value is -3.56. The molecule has 0 aromatic heterocycles. The molecule has 1 fully saturated rings. The van der Waals surface area contributed by atoms with Crippen LogP contribution in [-0.4, -0.2) is 50.4 Å². The zero-order valence-corrected chi connectivity index (χ0v) is 26.5. The van der Waals surface area contributed by atoms with Crippen molar-refractivity contribution < 1.29 is 22.7 Å². The van der Waals surface area contributed by atoms with Crippen molar-refractivity contribution in [1.82, 2.24) is 10.2 Å². The van der Waals surface area contributed by atoms with Crippen LogP contribution in [0.2, 0.25) is 5.02 Å². The highest BCUT2D eigenvalue weighted by Gasteiger charge is 2.33. The van der Waals surface area contributed by atoms with E-state index in [0.717, 1.165) is 47.5 Å². The van der Waals surface area contributed by atoms with Gasteiger partial charge in [-0.3, -0.25) is 13.9 Å². The second-order valence-corrected chi connectivity index (χ2v) is 13.2. The molecule has 0 radical (unpaired) electrons. The van der Waals surface area contributed by atoms with Gasteiger partial charge in [0.1, 0.15) is 18.3 Å². The number of carbonyl (C=O) groups excluding carboxylic acids is 2. The molecule has 0 heterocycles. The molecule has 1 aliphatic carbocycles. The molecule has 3 aromatic rings. The van der Waals surface area contributed by atoms with Gasteiger partial charge in [-0.2, -0.15) is 0 Å². The van der Waals surface area contributed by atoms with Crippen molar-refractivity contribution in [3.05, 3.63) is 88.9 Å². The Morgan fingerprint density at radius 2 is 1.58 bits per heavy atom. The van der Waals surface area contributed by atoms with E-state index in [-0.39, 0.29) is 23.4 Å². The van der Waals surface area contributed by atoms with Crippen LogP contribution in [-0.2, 0) is 26.2 Å². The first-order valence-corrected chi connectivity index (χ1v) is 16.6. The van der Waals surface area contributed by atoms with Gasteiger partial charge in [0.05, 0.1) is 17.2 Å². The molecular weight excluding hydrogens is 586 g/mol. The molecule has 0 bridgehead atoms. The Kier molecular flexibility index (Phi) is 11.1. The molecule has 3 aromatic carbocycles. The van der Waals surface area contributed by atoms with Crippen LogP contribution < -0.4 is 14.4 Å². The molecule has 4 rings (SSSR count). The molecule has 0 spiro atoms. The van der Waals surface area contributed by atoms with E-state index in [0.29, 0.717) is 23.1 Å². The van der Waals surface area contributed by atoms with E-state index >= 15 is 0 Å². The molecule has 230 valence electrons. The number of anilines is 1. The molecule has 10 heteroatoms. The Bertz CT molecular complexity index is 1470. The van der Waals surface area contributed by atoms with Crippen molar-refractivity contribution in [3.63, 3.8) is 0 Å². The number of hydrogen-bond donors (Lipinski definition) is 1. The summed E-state index contributed by atoms with van der Waals surface area (Å²) in [7, 11) is -4.16. The van der Waals surface area contributed by atoms with Crippen molar-refractivity contribution in [2.24, 2.45) is 0 Å². The summed E-state index contributed by atoms with van der Waals surface area (Å²) >= 11 is 6.09. The maximum atomic E-state index is 14.1. The van der Waals surface area contributed by atoms with Crippen molar-refractivity contribution in [1.29, 1.82) is 0 Å². The first kappa shape index (κ1) is 32.4. The zero-order chi connectivity index (χ0) is 31.0. The maximum Gasteiger partial charge on any atom is 0.264 e. The summed E-state index contributed by atoms with van der Waals surface area (Å²) in [5.41, 5.74) is 2.07. The second-order valence-electron chi connectivity index (χ2n) is 10.9. The van der Waals surface area contributed by atoms with Gasteiger partial charge < -0.3 is 15.0 Å². The molecule has 8 nitrogen and oxygen atoms in total. The highest BCUT2D eigenvalue weighted by atomic mass is 35.5. The molecule has 0 aliphatic heterocycles. The van der Waals surface area contributed by atoms with Gasteiger partial charge >= 0.3 is 0 Å². The van der Waals surface area contributed by atoms with Gasteiger partial charge in [0.2, 0.25) is 11.8 Å². The van der Waals surface area contributed by atoms with E-state index < -0.39 is 28.5 Å². The summed E-state index contributed by atoms with van der Waals surface area (Å²) in [6, 6.07) is 19.3. The molecule has 1 saturated carbocycles. The number of nitrogens with zero attached hydrogens (tertiary/aromatic N) is 2. The van der Waals surface area contributed by atoms with Crippen LogP contribution in [0.3, 0.4) is 0 Å². The summed E-state index contributed by atoms with van der Waals surface area (Å²) in [6.07, 6.45) is 5.08. The van der Waals surface area contributed by atoms with Gasteiger partial charge in [-0.1, -0.05) is 60.7 Å². The summed E-state index contributed by atoms with van der Waals surface area (Å²) in [6.45, 7) is 5.50. The molecule has 1 N–H and O–H groups in total. The van der Waals surface area contributed by atoms with Gasteiger partial charge in [-0.25, -0.2) is 8.42 Å². The Morgan fingerprint density at radius 1 is 0.953 bits per heavy atom. The fraction of sp³-hybridized carbons (Fsp3) is 0.394. The third-order valence-electron chi connectivity index (χ3n) is 7.71. The van der Waals surface area contributed by atoms with Gasteiger partial charge in [0, 0.05) is 17.6 Å². The number of halogens is 1. The van der Waals surface area contributed by atoms with E-state index in [9.17, 15) is 18.0 Å². The van der Waals surface area contributed by atoms with E-state index in [4.69, 9.17) is 16.3 Å². The number of hydrogen-bond acceptors (Lipinski definition) is 5. The van der Waals surface area contributed by atoms with Crippen LogP contribution in [0, 0.1) is 6.92 Å². The minimum Gasteiger partial charge on any atom is -0.494 e. The highest BCUT2D eigenvalue weighted by molar-refractivity contribution is 7.92. The minimum atomic E-state index is -4.16. The highest BCUT2D eigenvalue weighted by Crippen LogP contribution is 2.27. The summed E-state index contributed by atoms with van der Waals surface area (Å²) in [4.78, 5) is 29.0. The Balaban J connectivity index is 1.66. The number of sulfonamides is 1. The third-order valence-corrected chi connectivity index (χ3v) is 9.75. The smallest absolute Gasteiger partial charge is 0.264 e. The van der Waals surface area contributed by atoms with E-state index in [1.165, 1.54) is 17.0 Å². The number of aryl methyl sites for hydroxylation is 1. The van der Waals surface area contributed by atoms with Crippen molar-refractivity contribution >= 4 is 39.1 Å². The molecule has 2 amide bonds. The lowest BCUT2D eigenvalue weighted by Gasteiger charge is -2.33. The van der Waals surface area contributed by atoms with Crippen LogP contribution in [0.5, 0.6) is 5.75 Å². The molecule has 43 heavy (non-hydrogen) atoms. The standard InChI is InChI=1S/C33H40ClN3O5S/c1-4-42-30-18-20-31(21-19-30)43(40,41)37(29-16-10-24(2)11-17-29)23-32(38)36(22-26-12-14-27(34)15-13-26)25(3)33(39)35-28-8-6-5-7-9-28/h10-21,25,28H,4-9,22-23H2,1-3H3,(H,35,39)/t25-/m0/s1. The maximum absolute atomic E-state index is 14.1. The van der Waals surface area contributed by atoms with Crippen LogP contribution in [0.1, 0.15) is 57.1 Å². The summed E-state index contributed by atoms with van der Waals surface area (Å²) < 4.78 is 34.6. The molecular formula is C33H40ClN3O5S. The Morgan fingerprint density at radius 3 is 2.19 bits per heavy atom. The first-order chi connectivity index (χ1) is 20.6. The number of amides is 2. The molecule has 1 aliphatic rings. The number of benzene rings is 3. The lowest BCUT2D eigenvalue weighted by Crippen LogP contribution is -2.53. The van der Waals surface area contributed by atoms with Gasteiger partial charge in [0.25, 0.3) is 10.0 Å². The number of carbonyl (C=O) groups is 2. The lowest BCUT2D eigenvalue weighted by atomic mass is 9.95. The fourth-order valence-electron chi connectivity index (χ4n) is 5.18. The third kappa shape index (κ3) is 8.51. The average molecular weight is 626 g/mol. The van der Waals surface area contributed by atoms with Crippen molar-refractivity contribution in [2.45, 2.75) is 76.4 Å².